The largest absolute Gasteiger partial charge is 0.453 e. The van der Waals surface area contributed by atoms with Crippen molar-refractivity contribution in [1.29, 1.82) is 0 Å². The third-order valence-corrected chi connectivity index (χ3v) is 19.3. The molecule has 6 heteroatoms. The number of anilines is 3. The molecule has 0 spiro atoms. The molecule has 16 rings (SSSR count). The zero-order valence-electron chi connectivity index (χ0n) is 38.1. The zero-order chi connectivity index (χ0) is 42.6. The number of ether oxygens (including phenoxy) is 3. The minimum atomic E-state index is 0.00249. The maximum Gasteiger partial charge on any atom is 0.213 e. The van der Waals surface area contributed by atoms with E-state index in [2.05, 4.69) is 39.0 Å². The van der Waals surface area contributed by atoms with Crippen molar-refractivity contribution in [3.05, 3.63) is 88.0 Å². The Morgan fingerprint density at radius 2 is 0.587 bits per heavy atom. The Labute approximate surface area is 375 Å². The summed E-state index contributed by atoms with van der Waals surface area (Å²) in [6.07, 6.45) is 23.9. The third-order valence-electron chi connectivity index (χ3n) is 19.3. The number of nitrogen functional groups attached to an aromatic ring is 3. The number of benzene rings is 4. The quantitative estimate of drug-likeness (QED) is 0.145. The second-order valence-corrected chi connectivity index (χ2v) is 24.1. The molecule has 6 N–H and O–H groups in total. The first-order chi connectivity index (χ1) is 30.4. The molecule has 0 radical (unpaired) electrons. The van der Waals surface area contributed by atoms with Crippen molar-refractivity contribution in [2.45, 2.75) is 153 Å². The molecule has 12 aliphatic carbocycles. The van der Waals surface area contributed by atoms with Crippen molar-refractivity contribution < 1.29 is 14.2 Å². The number of hydrogen-bond acceptors (Lipinski definition) is 6. The van der Waals surface area contributed by atoms with Crippen LogP contribution in [0.15, 0.2) is 54.6 Å². The van der Waals surface area contributed by atoms with Gasteiger partial charge in [-0.25, -0.2) is 0 Å². The van der Waals surface area contributed by atoms with Gasteiger partial charge in [-0.1, -0.05) is 18.2 Å². The van der Waals surface area contributed by atoms with Crippen LogP contribution in [0.25, 0.3) is 0 Å². The summed E-state index contributed by atoms with van der Waals surface area (Å²) in [5.41, 5.74) is 30.2. The van der Waals surface area contributed by atoms with Crippen LogP contribution in [0.1, 0.15) is 149 Å². The molecule has 12 bridgehead atoms. The molecule has 12 aliphatic rings. The highest BCUT2D eigenvalue weighted by molar-refractivity contribution is 5.73. The molecular weight excluding hydrogens is 775 g/mol. The van der Waals surface area contributed by atoms with Crippen LogP contribution < -0.4 is 31.4 Å². The van der Waals surface area contributed by atoms with E-state index < -0.39 is 0 Å². The summed E-state index contributed by atoms with van der Waals surface area (Å²) in [5.74, 6) is 11.8. The van der Waals surface area contributed by atoms with Gasteiger partial charge < -0.3 is 31.4 Å². The zero-order valence-corrected chi connectivity index (χ0v) is 38.1. The highest BCUT2D eigenvalue weighted by Crippen LogP contribution is 2.73. The summed E-state index contributed by atoms with van der Waals surface area (Å²) < 4.78 is 23.4. The van der Waals surface area contributed by atoms with Gasteiger partial charge in [0.05, 0.1) is 0 Å². The summed E-state index contributed by atoms with van der Waals surface area (Å²) in [5, 5.41) is 0. The molecule has 0 aliphatic heterocycles. The Balaban J connectivity index is 1.20. The summed E-state index contributed by atoms with van der Waals surface area (Å²) in [6.45, 7) is 6.47. The lowest BCUT2D eigenvalue weighted by Crippen LogP contribution is -2.55. The number of aryl methyl sites for hydroxylation is 3. The topological polar surface area (TPSA) is 106 Å². The van der Waals surface area contributed by atoms with E-state index in [0.717, 1.165) is 104 Å². The number of nitrogens with two attached hydrogens (primary N) is 3. The van der Waals surface area contributed by atoms with Crippen LogP contribution in [0.5, 0.6) is 34.5 Å². The minimum absolute atomic E-state index is 0.00249. The van der Waals surface area contributed by atoms with Crippen LogP contribution >= 0.6 is 0 Å². The molecule has 4 aromatic carbocycles. The summed E-state index contributed by atoms with van der Waals surface area (Å²) in [6, 6.07) is 18.4. The van der Waals surface area contributed by atoms with Crippen LogP contribution in [-0.4, -0.2) is 0 Å². The predicted molar refractivity (Wildman–Crippen MR) is 253 cm³/mol. The van der Waals surface area contributed by atoms with E-state index in [9.17, 15) is 0 Å². The Hall–Kier alpha value is -4.32. The van der Waals surface area contributed by atoms with E-state index in [-0.39, 0.29) is 16.2 Å². The molecule has 0 unspecified atom stereocenters. The SMILES string of the molecule is Cc1ccc(N)cc1Oc1c(Oc2cc(N)ccc2C)c(C23CC4CC(CC(C4)C2)C3)c(C23CC4CC(CC(C4)C2)C3)c(C23CC4CC(CC(C4)C2)C3)c1Oc1cc(N)ccc1C. The average Bonchev–Trinajstić information content (AvgIpc) is 3.21. The van der Waals surface area contributed by atoms with E-state index in [1.807, 2.05) is 36.4 Å². The highest BCUT2D eigenvalue weighted by Gasteiger charge is 2.62. The first-order valence-corrected chi connectivity index (χ1v) is 25.3. The first kappa shape index (κ1) is 39.1. The highest BCUT2D eigenvalue weighted by atomic mass is 16.5. The standard InChI is InChI=1S/C57H69N3O3/c1-31-4-7-43(58)19-46(31)61-52-50(56-25-37-13-38(26-56)15-39(14-37)27-56)49(55-22-34-10-35(23-55)12-36(11-34)24-55)51(57-28-40-16-41(29-57)18-42(17-40)30-57)53(62-47-20-44(59)8-5-32(47)2)54(52)63-48-21-45(60)9-6-33(48)3/h4-9,19-21,34-42H,10-18,22-30,58-60H2,1-3H3. The monoisotopic (exact) mass is 844 g/mol. The lowest BCUT2D eigenvalue weighted by Gasteiger charge is -2.63. The van der Waals surface area contributed by atoms with E-state index in [1.165, 1.54) is 127 Å². The van der Waals surface area contributed by atoms with Gasteiger partial charge >= 0.3 is 0 Å². The smallest absolute Gasteiger partial charge is 0.213 e. The van der Waals surface area contributed by atoms with Gasteiger partial charge in [-0.05, 0) is 235 Å². The van der Waals surface area contributed by atoms with Crippen molar-refractivity contribution in [3.63, 3.8) is 0 Å². The molecule has 0 saturated heterocycles. The van der Waals surface area contributed by atoms with E-state index in [4.69, 9.17) is 31.4 Å². The van der Waals surface area contributed by atoms with Gasteiger partial charge in [-0.3, -0.25) is 0 Å². The van der Waals surface area contributed by atoms with Crippen molar-refractivity contribution in [3.8, 4) is 34.5 Å². The van der Waals surface area contributed by atoms with Crippen molar-refractivity contribution >= 4 is 17.1 Å². The molecule has 0 amide bonds. The number of rotatable bonds is 9. The van der Waals surface area contributed by atoms with E-state index in [0.29, 0.717) is 17.1 Å². The lowest BCUT2D eigenvalue weighted by atomic mass is 9.41. The van der Waals surface area contributed by atoms with Crippen LogP contribution in [0.2, 0.25) is 0 Å². The van der Waals surface area contributed by atoms with Gasteiger partial charge in [-0.15, -0.1) is 0 Å². The number of hydrogen-bond donors (Lipinski definition) is 3. The summed E-state index contributed by atoms with van der Waals surface area (Å²) >= 11 is 0. The maximum atomic E-state index is 7.85. The summed E-state index contributed by atoms with van der Waals surface area (Å²) in [4.78, 5) is 0. The normalized spacial score (nSPS) is 37.5. The predicted octanol–water partition coefficient (Wildman–Crippen LogP) is 14.1. The molecule has 0 atom stereocenters. The van der Waals surface area contributed by atoms with E-state index >= 15 is 0 Å². The van der Waals surface area contributed by atoms with Gasteiger partial charge in [0.2, 0.25) is 5.75 Å². The Morgan fingerprint density at radius 1 is 0.349 bits per heavy atom. The van der Waals surface area contributed by atoms with Crippen LogP contribution in [-0.2, 0) is 16.2 Å². The second-order valence-electron chi connectivity index (χ2n) is 24.1. The Kier molecular flexibility index (Phi) is 8.59. The molecule has 330 valence electrons. The van der Waals surface area contributed by atoms with Crippen LogP contribution in [0.3, 0.4) is 0 Å². The van der Waals surface area contributed by atoms with Gasteiger partial charge in [-0.2, -0.15) is 0 Å². The third kappa shape index (κ3) is 6.21. The van der Waals surface area contributed by atoms with Gasteiger partial charge in [0.25, 0.3) is 0 Å². The molecule has 63 heavy (non-hydrogen) atoms. The lowest BCUT2D eigenvalue weighted by molar-refractivity contribution is -0.0255. The Morgan fingerprint density at radius 3 is 0.857 bits per heavy atom. The van der Waals surface area contributed by atoms with Crippen molar-refractivity contribution in [1.82, 2.24) is 0 Å². The Bertz CT molecular complexity index is 2310. The van der Waals surface area contributed by atoms with Gasteiger partial charge in [0.15, 0.2) is 11.5 Å². The average molecular weight is 844 g/mol. The maximum absolute atomic E-state index is 7.85. The molecule has 0 aromatic heterocycles. The van der Waals surface area contributed by atoms with Crippen molar-refractivity contribution in [2.75, 3.05) is 17.2 Å². The molecule has 4 aromatic rings. The molecule has 12 saturated carbocycles. The molecule has 0 heterocycles. The van der Waals surface area contributed by atoms with Crippen LogP contribution in [0.4, 0.5) is 17.1 Å². The van der Waals surface area contributed by atoms with Gasteiger partial charge in [0, 0.05) is 57.2 Å². The second kappa shape index (κ2) is 13.8. The molecular formula is C57H69N3O3. The fourth-order valence-electron chi connectivity index (χ4n) is 18.3. The van der Waals surface area contributed by atoms with Crippen molar-refractivity contribution in [2.24, 2.45) is 53.3 Å². The summed E-state index contributed by atoms with van der Waals surface area (Å²) in [7, 11) is 0. The van der Waals surface area contributed by atoms with Gasteiger partial charge in [0.1, 0.15) is 17.2 Å². The van der Waals surface area contributed by atoms with Crippen LogP contribution in [0, 0.1) is 74.0 Å². The minimum Gasteiger partial charge on any atom is -0.453 e. The molecule has 12 fully saturated rings. The fraction of sp³-hybridized carbons (Fsp3) is 0.579. The first-order valence-electron chi connectivity index (χ1n) is 25.3. The molecule has 6 nitrogen and oxygen atoms in total. The fourth-order valence-corrected chi connectivity index (χ4v) is 18.3. The van der Waals surface area contributed by atoms with E-state index in [1.54, 1.807) is 5.56 Å².